The lowest BCUT2D eigenvalue weighted by Gasteiger charge is -2.05. The number of hydrogen-bond donors (Lipinski definition) is 2. The van der Waals surface area contributed by atoms with E-state index in [9.17, 15) is 14.4 Å². The summed E-state index contributed by atoms with van der Waals surface area (Å²) in [5.74, 6) is -1.17. The molecule has 0 radical (unpaired) electrons. The molecule has 1 amide bonds. The number of esters is 1. The van der Waals surface area contributed by atoms with Crippen molar-refractivity contribution in [1.29, 1.82) is 0 Å². The number of aryl methyl sites for hydroxylation is 2. The summed E-state index contributed by atoms with van der Waals surface area (Å²) in [5.41, 5.74) is 1.01. The van der Waals surface area contributed by atoms with Crippen LogP contribution in [0.1, 0.15) is 21.6 Å². The van der Waals surface area contributed by atoms with E-state index in [1.165, 1.54) is 13.2 Å². The van der Waals surface area contributed by atoms with Crippen LogP contribution in [-0.4, -0.2) is 30.5 Å². The van der Waals surface area contributed by atoms with Gasteiger partial charge in [-0.15, -0.1) is 0 Å². The Hall–Kier alpha value is -2.11. The number of aromatic amines is 1. The van der Waals surface area contributed by atoms with Gasteiger partial charge < -0.3 is 15.0 Å². The van der Waals surface area contributed by atoms with Crippen molar-refractivity contribution in [2.24, 2.45) is 0 Å². The fraction of sp³-hybridized carbons (Fsp3) is 0.364. The molecule has 0 aromatic carbocycles. The number of carbonyl (C=O) groups excluding carboxylic acids is 2. The van der Waals surface area contributed by atoms with E-state index in [1.54, 1.807) is 13.8 Å². The van der Waals surface area contributed by atoms with Crippen LogP contribution in [0.5, 0.6) is 0 Å². The lowest BCUT2D eigenvalue weighted by atomic mass is 10.1. The van der Waals surface area contributed by atoms with Crippen molar-refractivity contribution in [3.63, 3.8) is 0 Å². The van der Waals surface area contributed by atoms with Crippen molar-refractivity contribution in [1.82, 2.24) is 10.3 Å². The highest BCUT2D eigenvalue weighted by atomic mass is 16.5. The van der Waals surface area contributed by atoms with Crippen LogP contribution >= 0.6 is 0 Å². The van der Waals surface area contributed by atoms with E-state index >= 15 is 0 Å². The van der Waals surface area contributed by atoms with E-state index in [-0.39, 0.29) is 12.1 Å². The Labute approximate surface area is 98.0 Å². The van der Waals surface area contributed by atoms with Gasteiger partial charge >= 0.3 is 5.97 Å². The zero-order valence-corrected chi connectivity index (χ0v) is 9.92. The molecule has 0 saturated carbocycles. The molecule has 0 aliphatic rings. The second-order valence-corrected chi connectivity index (χ2v) is 3.58. The first-order chi connectivity index (χ1) is 7.95. The number of H-pyrrole nitrogens is 1. The Morgan fingerprint density at radius 1 is 1.41 bits per heavy atom. The summed E-state index contributed by atoms with van der Waals surface area (Å²) in [7, 11) is 1.22. The third kappa shape index (κ3) is 3.17. The maximum Gasteiger partial charge on any atom is 0.325 e. The largest absolute Gasteiger partial charge is 0.468 e. The summed E-state index contributed by atoms with van der Waals surface area (Å²) >= 11 is 0. The molecular formula is C11H14N2O4. The third-order valence-electron chi connectivity index (χ3n) is 2.36. The van der Waals surface area contributed by atoms with Crippen LogP contribution in [0.4, 0.5) is 0 Å². The average molecular weight is 238 g/mol. The van der Waals surface area contributed by atoms with Gasteiger partial charge in [0.2, 0.25) is 0 Å². The van der Waals surface area contributed by atoms with Crippen LogP contribution in [0, 0.1) is 13.8 Å². The summed E-state index contributed by atoms with van der Waals surface area (Å²) in [4.78, 5) is 36.5. The van der Waals surface area contributed by atoms with Crippen LogP contribution in [0.2, 0.25) is 0 Å². The summed E-state index contributed by atoms with van der Waals surface area (Å²) < 4.78 is 4.37. The molecule has 1 heterocycles. The highest BCUT2D eigenvalue weighted by Gasteiger charge is 2.13. The number of methoxy groups -OCH3 is 1. The highest BCUT2D eigenvalue weighted by Crippen LogP contribution is 2.02. The van der Waals surface area contributed by atoms with Gasteiger partial charge in [-0.1, -0.05) is 0 Å². The second kappa shape index (κ2) is 5.29. The van der Waals surface area contributed by atoms with Crippen molar-refractivity contribution < 1.29 is 14.3 Å². The van der Waals surface area contributed by atoms with Gasteiger partial charge in [0.25, 0.3) is 11.5 Å². The molecule has 2 N–H and O–H groups in total. The molecule has 6 nitrogen and oxygen atoms in total. The number of pyridine rings is 1. The molecule has 17 heavy (non-hydrogen) atoms. The molecule has 0 aliphatic carbocycles. The predicted molar refractivity (Wildman–Crippen MR) is 60.9 cm³/mol. The van der Waals surface area contributed by atoms with Crippen LogP contribution in [0.3, 0.4) is 0 Å². The molecular weight excluding hydrogens is 224 g/mol. The number of amides is 1. The second-order valence-electron chi connectivity index (χ2n) is 3.58. The molecule has 1 rings (SSSR count). The van der Waals surface area contributed by atoms with Crippen LogP contribution < -0.4 is 10.9 Å². The summed E-state index contributed by atoms with van der Waals surface area (Å²) in [5, 5.41) is 2.30. The summed E-state index contributed by atoms with van der Waals surface area (Å²) in [6.07, 6.45) is 0. The number of aromatic nitrogens is 1. The van der Waals surface area contributed by atoms with Gasteiger partial charge in [0.1, 0.15) is 12.1 Å². The molecule has 92 valence electrons. The van der Waals surface area contributed by atoms with Gasteiger partial charge in [-0.2, -0.15) is 0 Å². The molecule has 1 aromatic heterocycles. The first kappa shape index (κ1) is 13.0. The monoisotopic (exact) mass is 238 g/mol. The quantitative estimate of drug-likeness (QED) is 0.719. The summed E-state index contributed by atoms with van der Waals surface area (Å²) in [6, 6.07) is 1.49. The standard InChI is InChI=1S/C11H14N2O4/c1-6-4-8(11(16)13-7(6)2)10(15)12-5-9(14)17-3/h4H,5H2,1-3H3,(H,12,15)(H,13,16). The van der Waals surface area contributed by atoms with Crippen LogP contribution in [0.15, 0.2) is 10.9 Å². The molecule has 0 unspecified atom stereocenters. The smallest absolute Gasteiger partial charge is 0.325 e. The van der Waals surface area contributed by atoms with Crippen molar-refractivity contribution in [2.75, 3.05) is 13.7 Å². The minimum Gasteiger partial charge on any atom is -0.468 e. The Bertz CT molecular complexity index is 505. The molecule has 1 aromatic rings. The molecule has 0 fully saturated rings. The number of rotatable bonds is 3. The van der Waals surface area contributed by atoms with E-state index < -0.39 is 17.4 Å². The number of carbonyl (C=O) groups is 2. The Morgan fingerprint density at radius 3 is 2.65 bits per heavy atom. The molecule has 6 heteroatoms. The van der Waals surface area contributed by atoms with Gasteiger partial charge in [-0.05, 0) is 25.5 Å². The Kier molecular flexibility index (Phi) is 4.03. The fourth-order valence-corrected chi connectivity index (χ4v) is 1.22. The SMILES string of the molecule is COC(=O)CNC(=O)c1cc(C)c(C)[nH]c1=O. The van der Waals surface area contributed by atoms with Gasteiger partial charge in [-0.3, -0.25) is 14.4 Å². The minimum absolute atomic E-state index is 0.0167. The zero-order chi connectivity index (χ0) is 13.0. The van der Waals surface area contributed by atoms with Gasteiger partial charge in [0, 0.05) is 5.69 Å². The number of ether oxygens (including phenoxy) is 1. The minimum atomic E-state index is -0.597. The Morgan fingerprint density at radius 2 is 2.06 bits per heavy atom. The lowest BCUT2D eigenvalue weighted by Crippen LogP contribution is -2.34. The average Bonchev–Trinajstić information content (AvgIpc) is 2.30. The van der Waals surface area contributed by atoms with E-state index in [1.807, 2.05) is 0 Å². The van der Waals surface area contributed by atoms with Crippen molar-refractivity contribution >= 4 is 11.9 Å². The third-order valence-corrected chi connectivity index (χ3v) is 2.36. The van der Waals surface area contributed by atoms with E-state index in [2.05, 4.69) is 15.0 Å². The van der Waals surface area contributed by atoms with Gasteiger partial charge in [0.15, 0.2) is 0 Å². The first-order valence-corrected chi connectivity index (χ1v) is 5.01. The van der Waals surface area contributed by atoms with Crippen LogP contribution in [-0.2, 0) is 9.53 Å². The van der Waals surface area contributed by atoms with E-state index in [0.29, 0.717) is 5.69 Å². The van der Waals surface area contributed by atoms with Gasteiger partial charge in [-0.25, -0.2) is 0 Å². The van der Waals surface area contributed by atoms with E-state index in [0.717, 1.165) is 5.56 Å². The lowest BCUT2D eigenvalue weighted by molar-refractivity contribution is -0.139. The zero-order valence-electron chi connectivity index (χ0n) is 9.92. The normalized spacial score (nSPS) is 9.82. The highest BCUT2D eigenvalue weighted by molar-refractivity contribution is 5.95. The van der Waals surface area contributed by atoms with Crippen molar-refractivity contribution in [3.8, 4) is 0 Å². The number of hydrogen-bond acceptors (Lipinski definition) is 4. The van der Waals surface area contributed by atoms with E-state index in [4.69, 9.17) is 0 Å². The molecule has 0 atom stereocenters. The maximum atomic E-state index is 11.6. The van der Waals surface area contributed by atoms with Crippen molar-refractivity contribution in [2.45, 2.75) is 13.8 Å². The first-order valence-electron chi connectivity index (χ1n) is 5.01. The topological polar surface area (TPSA) is 88.3 Å². The summed E-state index contributed by atoms with van der Waals surface area (Å²) in [6.45, 7) is 3.26. The molecule has 0 saturated heterocycles. The molecule has 0 aliphatic heterocycles. The fourth-order valence-electron chi connectivity index (χ4n) is 1.22. The predicted octanol–water partition coefficient (Wildman–Crippen LogP) is -0.105. The Balaban J connectivity index is 2.86. The van der Waals surface area contributed by atoms with Crippen LogP contribution in [0.25, 0.3) is 0 Å². The maximum absolute atomic E-state index is 11.6. The van der Waals surface area contributed by atoms with Crippen molar-refractivity contribution in [3.05, 3.63) is 33.2 Å². The van der Waals surface area contributed by atoms with Gasteiger partial charge in [0.05, 0.1) is 7.11 Å². The molecule has 0 spiro atoms. The number of nitrogens with one attached hydrogen (secondary N) is 2. The molecule has 0 bridgehead atoms.